The van der Waals surface area contributed by atoms with E-state index in [0.29, 0.717) is 21.7 Å². The Labute approximate surface area is 189 Å². The number of nitrogens with one attached hydrogen (secondary N) is 1. The van der Waals surface area contributed by atoms with Crippen LogP contribution in [0.2, 0.25) is 5.02 Å². The average Bonchev–Trinajstić information content (AvgIpc) is 3.19. The van der Waals surface area contributed by atoms with Crippen LogP contribution in [-0.2, 0) is 4.79 Å². The van der Waals surface area contributed by atoms with Crippen LogP contribution in [0.5, 0.6) is 0 Å². The summed E-state index contributed by atoms with van der Waals surface area (Å²) >= 11 is 7.76. The minimum Gasteiger partial charge on any atom is -0.325 e. The number of amides is 1. The second kappa shape index (κ2) is 9.32. The maximum atomic E-state index is 12.7. The molecule has 0 aliphatic rings. The Bertz CT molecular complexity index is 1210. The van der Waals surface area contributed by atoms with Gasteiger partial charge in [-0.3, -0.25) is 14.3 Å². The highest BCUT2D eigenvalue weighted by Gasteiger charge is 2.19. The normalized spacial score (nSPS) is 10.8. The molecule has 4 rings (SSSR count). The molecular formula is C23H20ClN5OS. The molecule has 8 heteroatoms. The quantitative estimate of drug-likeness (QED) is 0.403. The molecule has 4 aromatic rings. The van der Waals surface area contributed by atoms with E-state index in [1.165, 1.54) is 11.8 Å². The highest BCUT2D eigenvalue weighted by molar-refractivity contribution is 7.99. The first kappa shape index (κ1) is 21.1. The number of benzene rings is 2. The molecule has 0 saturated heterocycles. The Morgan fingerprint density at radius 2 is 1.74 bits per heavy atom. The third kappa shape index (κ3) is 4.62. The van der Waals surface area contributed by atoms with E-state index in [0.717, 1.165) is 22.5 Å². The van der Waals surface area contributed by atoms with Crippen molar-refractivity contribution < 1.29 is 4.79 Å². The van der Waals surface area contributed by atoms with Crippen molar-refractivity contribution in [3.63, 3.8) is 0 Å². The van der Waals surface area contributed by atoms with Crippen LogP contribution in [0.25, 0.3) is 17.2 Å². The van der Waals surface area contributed by atoms with Crippen LogP contribution in [0.4, 0.5) is 5.69 Å². The molecule has 2 aromatic heterocycles. The van der Waals surface area contributed by atoms with E-state index >= 15 is 0 Å². The molecule has 0 aliphatic heterocycles. The SMILES string of the molecule is Cc1cccc(C)c1NC(=O)CSc1nnc(-c2ccccn2)n1-c1ccccc1Cl. The molecule has 156 valence electrons. The van der Waals surface area contributed by atoms with Gasteiger partial charge in [-0.05, 0) is 49.2 Å². The number of nitrogens with zero attached hydrogens (tertiary/aromatic N) is 4. The Morgan fingerprint density at radius 1 is 1.00 bits per heavy atom. The number of rotatable bonds is 6. The van der Waals surface area contributed by atoms with Crippen LogP contribution < -0.4 is 5.32 Å². The molecule has 0 aliphatic carbocycles. The van der Waals surface area contributed by atoms with E-state index in [1.54, 1.807) is 12.3 Å². The lowest BCUT2D eigenvalue weighted by Crippen LogP contribution is -2.16. The standard InChI is InChI=1S/C23H20ClN5OS/c1-15-8-7-9-16(2)21(15)26-20(30)14-31-23-28-27-22(18-11-5-6-13-25-18)29(23)19-12-4-3-10-17(19)24/h3-13H,14H2,1-2H3,(H,26,30). The van der Waals surface area contributed by atoms with E-state index in [1.807, 2.05) is 73.0 Å². The number of hydrogen-bond donors (Lipinski definition) is 1. The van der Waals surface area contributed by atoms with Gasteiger partial charge < -0.3 is 5.32 Å². The molecule has 0 fully saturated rings. The van der Waals surface area contributed by atoms with Crippen molar-refractivity contribution in [3.05, 3.63) is 83.0 Å². The lowest BCUT2D eigenvalue weighted by atomic mass is 10.1. The fourth-order valence-corrected chi connectivity index (χ4v) is 4.16. The second-order valence-electron chi connectivity index (χ2n) is 6.91. The Morgan fingerprint density at radius 3 is 2.45 bits per heavy atom. The smallest absolute Gasteiger partial charge is 0.234 e. The third-order valence-corrected chi connectivity index (χ3v) is 5.95. The topological polar surface area (TPSA) is 72.7 Å². The monoisotopic (exact) mass is 449 g/mol. The number of anilines is 1. The molecule has 0 spiro atoms. The summed E-state index contributed by atoms with van der Waals surface area (Å²) < 4.78 is 1.83. The number of aryl methyl sites for hydroxylation is 2. The van der Waals surface area contributed by atoms with E-state index in [2.05, 4.69) is 20.5 Å². The Kier molecular flexibility index (Phi) is 6.34. The number of thioether (sulfide) groups is 1. The lowest BCUT2D eigenvalue weighted by Gasteiger charge is -2.13. The molecule has 0 radical (unpaired) electrons. The summed E-state index contributed by atoms with van der Waals surface area (Å²) in [6.45, 7) is 3.95. The first-order chi connectivity index (χ1) is 15.0. The van der Waals surface area contributed by atoms with Crippen molar-refractivity contribution in [1.82, 2.24) is 19.7 Å². The fraction of sp³-hybridized carbons (Fsp3) is 0.130. The molecule has 2 heterocycles. The molecule has 0 bridgehead atoms. The molecule has 31 heavy (non-hydrogen) atoms. The predicted molar refractivity (Wildman–Crippen MR) is 125 cm³/mol. The highest BCUT2D eigenvalue weighted by Crippen LogP contribution is 2.31. The van der Waals surface area contributed by atoms with Crippen molar-refractivity contribution in [3.8, 4) is 17.2 Å². The number of hydrogen-bond acceptors (Lipinski definition) is 5. The van der Waals surface area contributed by atoms with Crippen LogP contribution in [-0.4, -0.2) is 31.4 Å². The molecule has 0 saturated carbocycles. The van der Waals surface area contributed by atoms with E-state index in [9.17, 15) is 4.79 Å². The predicted octanol–water partition coefficient (Wildman–Crippen LogP) is 5.33. The molecule has 1 amide bonds. The summed E-state index contributed by atoms with van der Waals surface area (Å²) in [5.74, 6) is 0.625. The second-order valence-corrected chi connectivity index (χ2v) is 8.26. The average molecular weight is 450 g/mol. The van der Waals surface area contributed by atoms with Crippen molar-refractivity contribution >= 4 is 35.0 Å². The highest BCUT2D eigenvalue weighted by atomic mass is 35.5. The van der Waals surface area contributed by atoms with Gasteiger partial charge in [0.25, 0.3) is 0 Å². The van der Waals surface area contributed by atoms with Gasteiger partial charge in [-0.1, -0.05) is 59.8 Å². The Balaban J connectivity index is 1.62. The number of carbonyl (C=O) groups is 1. The number of para-hydroxylation sites is 2. The van der Waals surface area contributed by atoms with Crippen LogP contribution in [0.15, 0.2) is 72.0 Å². The van der Waals surface area contributed by atoms with Crippen molar-refractivity contribution in [2.45, 2.75) is 19.0 Å². The van der Waals surface area contributed by atoms with Crippen LogP contribution in [0, 0.1) is 13.8 Å². The fourth-order valence-electron chi connectivity index (χ4n) is 3.19. The van der Waals surface area contributed by atoms with Crippen LogP contribution >= 0.6 is 23.4 Å². The van der Waals surface area contributed by atoms with Crippen molar-refractivity contribution in [1.29, 1.82) is 0 Å². The first-order valence-electron chi connectivity index (χ1n) is 9.65. The molecule has 0 atom stereocenters. The lowest BCUT2D eigenvalue weighted by molar-refractivity contribution is -0.113. The molecule has 1 N–H and O–H groups in total. The molecular weight excluding hydrogens is 430 g/mol. The maximum absolute atomic E-state index is 12.7. The zero-order valence-corrected chi connectivity index (χ0v) is 18.6. The minimum atomic E-state index is -0.115. The zero-order valence-electron chi connectivity index (χ0n) is 17.0. The zero-order chi connectivity index (χ0) is 21.8. The van der Waals surface area contributed by atoms with Gasteiger partial charge in [0.05, 0.1) is 16.5 Å². The summed E-state index contributed by atoms with van der Waals surface area (Å²) in [4.78, 5) is 17.0. The number of halogens is 1. The van der Waals surface area contributed by atoms with Crippen LogP contribution in [0.1, 0.15) is 11.1 Å². The number of carbonyl (C=O) groups excluding carboxylic acids is 1. The summed E-state index contributed by atoms with van der Waals surface area (Å²) in [5, 5.41) is 12.8. The summed E-state index contributed by atoms with van der Waals surface area (Å²) in [6, 6.07) is 19.0. The molecule has 2 aromatic carbocycles. The summed E-state index contributed by atoms with van der Waals surface area (Å²) in [6.07, 6.45) is 1.70. The molecule has 0 unspecified atom stereocenters. The van der Waals surface area contributed by atoms with Crippen molar-refractivity contribution in [2.24, 2.45) is 0 Å². The van der Waals surface area contributed by atoms with Gasteiger partial charge in [-0.25, -0.2) is 0 Å². The van der Waals surface area contributed by atoms with Gasteiger partial charge >= 0.3 is 0 Å². The minimum absolute atomic E-state index is 0.115. The number of pyridine rings is 1. The van der Waals surface area contributed by atoms with Crippen LogP contribution in [0.3, 0.4) is 0 Å². The van der Waals surface area contributed by atoms with E-state index < -0.39 is 0 Å². The number of aromatic nitrogens is 4. The third-order valence-electron chi connectivity index (χ3n) is 4.70. The van der Waals surface area contributed by atoms with Gasteiger partial charge in [-0.15, -0.1) is 10.2 Å². The maximum Gasteiger partial charge on any atom is 0.234 e. The van der Waals surface area contributed by atoms with Gasteiger partial charge in [0.2, 0.25) is 5.91 Å². The van der Waals surface area contributed by atoms with Gasteiger partial charge in [0.1, 0.15) is 5.69 Å². The van der Waals surface area contributed by atoms with E-state index in [-0.39, 0.29) is 11.7 Å². The first-order valence-corrected chi connectivity index (χ1v) is 11.0. The van der Waals surface area contributed by atoms with Gasteiger partial charge in [0, 0.05) is 11.9 Å². The van der Waals surface area contributed by atoms with Gasteiger partial charge in [0.15, 0.2) is 11.0 Å². The largest absolute Gasteiger partial charge is 0.325 e. The Hall–Kier alpha value is -3.16. The van der Waals surface area contributed by atoms with Crippen molar-refractivity contribution in [2.75, 3.05) is 11.1 Å². The summed E-state index contributed by atoms with van der Waals surface area (Å²) in [7, 11) is 0. The van der Waals surface area contributed by atoms with E-state index in [4.69, 9.17) is 11.6 Å². The van der Waals surface area contributed by atoms with Gasteiger partial charge in [-0.2, -0.15) is 0 Å². The summed E-state index contributed by atoms with van der Waals surface area (Å²) in [5.41, 5.74) is 4.29. The molecule has 6 nitrogen and oxygen atoms in total.